The van der Waals surface area contributed by atoms with Gasteiger partial charge < -0.3 is 10.5 Å². The van der Waals surface area contributed by atoms with Gasteiger partial charge in [0.05, 0.1) is 20.9 Å². The fourth-order valence-electron chi connectivity index (χ4n) is 1.32. The van der Waals surface area contributed by atoms with E-state index >= 15 is 0 Å². The highest BCUT2D eigenvalue weighted by atomic mass is 35.5. The molecule has 1 rings (SSSR count). The number of esters is 1. The molecule has 0 unspecified atom stereocenters. The summed E-state index contributed by atoms with van der Waals surface area (Å²) in [5.74, 6) is -1.53. The van der Waals surface area contributed by atoms with Gasteiger partial charge in [0.25, 0.3) is 0 Å². The van der Waals surface area contributed by atoms with Crippen LogP contribution in [0.4, 0.5) is 10.1 Å². The molecule has 0 spiro atoms. The van der Waals surface area contributed by atoms with Gasteiger partial charge in [0.2, 0.25) is 0 Å². The Kier molecular flexibility index (Phi) is 4.70. The van der Waals surface area contributed by atoms with Crippen molar-refractivity contribution < 1.29 is 13.9 Å². The van der Waals surface area contributed by atoms with E-state index < -0.39 is 25.0 Å². The predicted molar refractivity (Wildman–Crippen MR) is 77.3 cm³/mol. The number of methoxy groups -OCH3 is 1. The van der Waals surface area contributed by atoms with Gasteiger partial charge in [-0.05, 0) is 0 Å². The second-order valence-electron chi connectivity index (χ2n) is 5.08. The summed E-state index contributed by atoms with van der Waals surface area (Å²) in [6.07, 6.45) is 1.61. The van der Waals surface area contributed by atoms with Crippen molar-refractivity contribution in [3.8, 4) is 0 Å². The number of anilines is 1. The minimum atomic E-state index is -1.53. The summed E-state index contributed by atoms with van der Waals surface area (Å²) in [5.41, 5.74) is 7.52. The van der Waals surface area contributed by atoms with E-state index in [9.17, 15) is 9.18 Å². The SMILES string of the molecule is COC(=O)c1nc(Cl)c(F)c(N)c1/C=C/[Si](C)(C)C. The van der Waals surface area contributed by atoms with Crippen LogP contribution in [0.3, 0.4) is 0 Å². The molecule has 0 aliphatic rings. The van der Waals surface area contributed by atoms with Crippen LogP contribution in [0.15, 0.2) is 5.70 Å². The molecule has 0 atom stereocenters. The van der Waals surface area contributed by atoms with E-state index in [0.717, 1.165) is 0 Å². The molecule has 0 saturated heterocycles. The lowest BCUT2D eigenvalue weighted by molar-refractivity contribution is 0.0593. The van der Waals surface area contributed by atoms with Gasteiger partial charge in [-0.2, -0.15) is 0 Å². The zero-order chi connectivity index (χ0) is 14.8. The molecule has 0 radical (unpaired) electrons. The second-order valence-corrected chi connectivity index (χ2v) is 10.5. The number of carbonyl (C=O) groups is 1. The smallest absolute Gasteiger partial charge is 0.357 e. The molecule has 104 valence electrons. The van der Waals surface area contributed by atoms with Gasteiger partial charge in [0.15, 0.2) is 16.7 Å². The molecule has 0 saturated carbocycles. The van der Waals surface area contributed by atoms with Crippen molar-refractivity contribution in [3.05, 3.63) is 27.9 Å². The number of ether oxygens (including phenoxy) is 1. The van der Waals surface area contributed by atoms with E-state index in [1.54, 1.807) is 6.08 Å². The summed E-state index contributed by atoms with van der Waals surface area (Å²) < 4.78 is 18.3. The van der Waals surface area contributed by atoms with Crippen LogP contribution in [0, 0.1) is 5.82 Å². The van der Waals surface area contributed by atoms with Gasteiger partial charge >= 0.3 is 5.97 Å². The first kappa shape index (κ1) is 15.7. The highest BCUT2D eigenvalue weighted by Gasteiger charge is 2.21. The lowest BCUT2D eigenvalue weighted by Crippen LogP contribution is -2.16. The Hall–Kier alpha value is -1.40. The number of hydrogen-bond acceptors (Lipinski definition) is 4. The van der Waals surface area contributed by atoms with E-state index in [2.05, 4.69) is 29.4 Å². The first-order valence-corrected chi connectivity index (χ1v) is 9.55. The molecule has 1 aromatic heterocycles. The third kappa shape index (κ3) is 3.78. The Morgan fingerprint density at radius 3 is 2.53 bits per heavy atom. The molecule has 0 amide bonds. The number of hydrogen-bond donors (Lipinski definition) is 1. The molecule has 2 N–H and O–H groups in total. The Bertz CT molecular complexity index is 542. The molecule has 7 heteroatoms. The summed E-state index contributed by atoms with van der Waals surface area (Å²) in [7, 11) is -0.321. The molecule has 0 bridgehead atoms. The molecule has 1 aromatic rings. The van der Waals surface area contributed by atoms with Gasteiger partial charge in [-0.1, -0.05) is 43.0 Å². The van der Waals surface area contributed by atoms with E-state index in [-0.39, 0.29) is 16.9 Å². The number of carbonyl (C=O) groups excluding carboxylic acids is 1. The number of rotatable bonds is 3. The van der Waals surface area contributed by atoms with Gasteiger partial charge in [0.1, 0.15) is 0 Å². The minimum absolute atomic E-state index is 0.0825. The number of nitrogens with two attached hydrogens (primary N) is 1. The second kappa shape index (κ2) is 5.71. The predicted octanol–water partition coefficient (Wildman–Crippen LogP) is 3.13. The van der Waals surface area contributed by atoms with Gasteiger partial charge in [0, 0.05) is 5.56 Å². The van der Waals surface area contributed by atoms with Crippen molar-refractivity contribution in [1.29, 1.82) is 0 Å². The standard InChI is InChI=1S/C12H16ClFN2O2Si/c1-18-12(17)10-7(5-6-19(2,3)4)9(15)8(14)11(13)16-10/h5-6H,1-4H3,(H2,15,16)/b6-5+. The first-order valence-electron chi connectivity index (χ1n) is 5.59. The molecule has 0 aromatic carbocycles. The maximum absolute atomic E-state index is 13.7. The van der Waals surface area contributed by atoms with E-state index in [4.69, 9.17) is 17.3 Å². The average Bonchev–Trinajstić information content (AvgIpc) is 2.32. The summed E-state index contributed by atoms with van der Waals surface area (Å²) in [6, 6.07) is 0. The molecule has 1 heterocycles. The first-order chi connectivity index (χ1) is 8.67. The van der Waals surface area contributed by atoms with E-state index in [1.807, 2.05) is 5.70 Å². The maximum atomic E-state index is 13.7. The normalized spacial score (nSPS) is 11.9. The number of nitrogens with zero attached hydrogens (tertiary/aromatic N) is 1. The molecule has 0 fully saturated rings. The monoisotopic (exact) mass is 302 g/mol. The van der Waals surface area contributed by atoms with Crippen molar-refractivity contribution >= 4 is 37.4 Å². The third-order valence-electron chi connectivity index (χ3n) is 2.30. The fraction of sp³-hybridized carbons (Fsp3) is 0.333. The largest absolute Gasteiger partial charge is 0.464 e. The summed E-state index contributed by atoms with van der Waals surface area (Å²) in [4.78, 5) is 15.3. The van der Waals surface area contributed by atoms with Crippen LogP contribution in [0.2, 0.25) is 24.8 Å². The van der Waals surface area contributed by atoms with Crippen molar-refractivity contribution in [2.24, 2.45) is 0 Å². The average molecular weight is 303 g/mol. The Labute approximate surface area is 117 Å². The van der Waals surface area contributed by atoms with Crippen LogP contribution in [-0.2, 0) is 4.74 Å². The number of aromatic nitrogens is 1. The van der Waals surface area contributed by atoms with Crippen molar-refractivity contribution in [2.75, 3.05) is 12.8 Å². The number of halogens is 2. The number of nitrogen functional groups attached to an aromatic ring is 1. The lowest BCUT2D eigenvalue weighted by Gasteiger charge is -2.12. The molecule has 0 aliphatic carbocycles. The van der Waals surface area contributed by atoms with Crippen LogP contribution in [-0.4, -0.2) is 26.1 Å². The topological polar surface area (TPSA) is 65.2 Å². The summed E-state index contributed by atoms with van der Waals surface area (Å²) in [5, 5.41) is -0.442. The minimum Gasteiger partial charge on any atom is -0.464 e. The molecule has 4 nitrogen and oxygen atoms in total. The maximum Gasteiger partial charge on any atom is 0.357 e. The molecule has 0 aliphatic heterocycles. The van der Waals surface area contributed by atoms with Gasteiger partial charge in [-0.15, -0.1) is 0 Å². The summed E-state index contributed by atoms with van der Waals surface area (Å²) in [6.45, 7) is 6.28. The van der Waals surface area contributed by atoms with E-state index in [0.29, 0.717) is 0 Å². The van der Waals surface area contributed by atoms with Crippen LogP contribution in [0.1, 0.15) is 16.1 Å². The highest BCUT2D eigenvalue weighted by molar-refractivity contribution is 6.81. The Morgan fingerprint density at radius 2 is 2.05 bits per heavy atom. The Balaban J connectivity index is 3.47. The van der Waals surface area contributed by atoms with Crippen molar-refractivity contribution in [1.82, 2.24) is 4.98 Å². The lowest BCUT2D eigenvalue weighted by atomic mass is 10.1. The van der Waals surface area contributed by atoms with Crippen LogP contribution < -0.4 is 5.73 Å². The quantitative estimate of drug-likeness (QED) is 0.529. The Morgan fingerprint density at radius 1 is 1.47 bits per heavy atom. The molecule has 19 heavy (non-hydrogen) atoms. The van der Waals surface area contributed by atoms with Gasteiger partial charge in [-0.3, -0.25) is 0 Å². The molecular formula is C12H16ClFN2O2Si. The highest BCUT2D eigenvalue weighted by Crippen LogP contribution is 2.27. The zero-order valence-corrected chi connectivity index (χ0v) is 13.0. The number of pyridine rings is 1. The van der Waals surface area contributed by atoms with Crippen LogP contribution >= 0.6 is 11.6 Å². The zero-order valence-electron chi connectivity index (χ0n) is 11.3. The fourth-order valence-corrected chi connectivity index (χ4v) is 2.17. The van der Waals surface area contributed by atoms with Crippen molar-refractivity contribution in [2.45, 2.75) is 19.6 Å². The third-order valence-corrected chi connectivity index (χ3v) is 3.72. The van der Waals surface area contributed by atoms with E-state index in [1.165, 1.54) is 7.11 Å². The van der Waals surface area contributed by atoms with Crippen molar-refractivity contribution in [3.63, 3.8) is 0 Å². The van der Waals surface area contributed by atoms with Gasteiger partial charge in [-0.25, -0.2) is 14.2 Å². The molecular weight excluding hydrogens is 287 g/mol. The summed E-state index contributed by atoms with van der Waals surface area (Å²) >= 11 is 5.59. The van der Waals surface area contributed by atoms with Crippen LogP contribution in [0.25, 0.3) is 6.08 Å². The van der Waals surface area contributed by atoms with Crippen LogP contribution in [0.5, 0.6) is 0 Å².